The zero-order chi connectivity index (χ0) is 15.2. The van der Waals surface area contributed by atoms with Gasteiger partial charge in [0, 0.05) is 16.1 Å². The van der Waals surface area contributed by atoms with Crippen molar-refractivity contribution in [2.45, 2.75) is 0 Å². The molecule has 0 fully saturated rings. The third-order valence-corrected chi connectivity index (χ3v) is 3.26. The van der Waals surface area contributed by atoms with Crippen molar-refractivity contribution in [3.8, 4) is 11.5 Å². The molecule has 108 valence electrons. The number of ether oxygens (including phenoxy) is 1. The Kier molecular flexibility index (Phi) is 5.00. The number of nitrogens with one attached hydrogen (secondary N) is 1. The molecule has 0 heterocycles. The van der Waals surface area contributed by atoms with Crippen LogP contribution < -0.4 is 10.1 Å². The van der Waals surface area contributed by atoms with Gasteiger partial charge in [0.1, 0.15) is 11.5 Å². The van der Waals surface area contributed by atoms with E-state index in [0.717, 1.165) is 10.0 Å². The number of anilines is 1. The third-order valence-electron chi connectivity index (χ3n) is 2.77. The monoisotopic (exact) mass is 347 g/mol. The van der Waals surface area contributed by atoms with Crippen LogP contribution in [0.1, 0.15) is 5.56 Å². The molecule has 0 aliphatic heterocycles. The Morgan fingerprint density at radius 2 is 2.05 bits per heavy atom. The Morgan fingerprint density at radius 3 is 2.76 bits per heavy atom. The molecule has 4 nitrogen and oxygen atoms in total. The van der Waals surface area contributed by atoms with E-state index in [1.165, 1.54) is 12.1 Å². The molecule has 0 spiro atoms. The highest BCUT2D eigenvalue weighted by molar-refractivity contribution is 9.10. The van der Waals surface area contributed by atoms with Gasteiger partial charge in [0.05, 0.1) is 12.8 Å². The van der Waals surface area contributed by atoms with Gasteiger partial charge in [0.15, 0.2) is 0 Å². The second kappa shape index (κ2) is 6.95. The van der Waals surface area contributed by atoms with E-state index in [2.05, 4.69) is 21.2 Å². The number of hydrogen-bond acceptors (Lipinski definition) is 3. The van der Waals surface area contributed by atoms with E-state index in [1.54, 1.807) is 31.4 Å². The number of phenols is 1. The van der Waals surface area contributed by atoms with Gasteiger partial charge < -0.3 is 15.2 Å². The lowest BCUT2D eigenvalue weighted by Gasteiger charge is -2.06. The molecule has 0 bridgehead atoms. The molecule has 0 saturated carbocycles. The summed E-state index contributed by atoms with van der Waals surface area (Å²) in [4.78, 5) is 11.9. The molecule has 0 atom stereocenters. The van der Waals surface area contributed by atoms with Crippen molar-refractivity contribution in [1.29, 1.82) is 0 Å². The number of amides is 1. The van der Waals surface area contributed by atoms with Crippen molar-refractivity contribution in [1.82, 2.24) is 0 Å². The van der Waals surface area contributed by atoms with Gasteiger partial charge in [-0.15, -0.1) is 0 Å². The fraction of sp³-hybridized carbons (Fsp3) is 0.0625. The number of benzene rings is 2. The van der Waals surface area contributed by atoms with Crippen molar-refractivity contribution in [3.63, 3.8) is 0 Å². The van der Waals surface area contributed by atoms with Gasteiger partial charge in [-0.3, -0.25) is 4.79 Å². The second-order valence-electron chi connectivity index (χ2n) is 4.23. The highest BCUT2D eigenvalue weighted by atomic mass is 79.9. The molecule has 0 saturated heterocycles. The third kappa shape index (κ3) is 4.10. The fourth-order valence-electron chi connectivity index (χ4n) is 1.75. The number of carbonyl (C=O) groups excluding carboxylic acids is 1. The first-order chi connectivity index (χ1) is 10.1. The Balaban J connectivity index is 2.12. The van der Waals surface area contributed by atoms with Crippen LogP contribution in [0.4, 0.5) is 5.69 Å². The number of phenolic OH excluding ortho intramolecular Hbond substituents is 1. The topological polar surface area (TPSA) is 58.6 Å². The van der Waals surface area contributed by atoms with Gasteiger partial charge in [-0.1, -0.05) is 28.1 Å². The van der Waals surface area contributed by atoms with E-state index in [0.29, 0.717) is 11.4 Å². The summed E-state index contributed by atoms with van der Waals surface area (Å²) in [6, 6.07) is 12.1. The van der Waals surface area contributed by atoms with Crippen molar-refractivity contribution >= 4 is 33.6 Å². The SMILES string of the molecule is COc1ccc(Br)cc1/C=C/C(=O)Nc1ccccc1O. The number of para-hydroxylation sites is 2. The van der Waals surface area contributed by atoms with Gasteiger partial charge in [-0.2, -0.15) is 0 Å². The number of carbonyl (C=O) groups is 1. The molecule has 0 aromatic heterocycles. The van der Waals surface area contributed by atoms with Gasteiger partial charge in [-0.05, 0) is 36.4 Å². The second-order valence-corrected chi connectivity index (χ2v) is 5.14. The first kappa shape index (κ1) is 15.1. The lowest BCUT2D eigenvalue weighted by Crippen LogP contribution is -2.07. The summed E-state index contributed by atoms with van der Waals surface area (Å²) in [7, 11) is 1.57. The lowest BCUT2D eigenvalue weighted by atomic mass is 10.2. The maximum atomic E-state index is 11.9. The van der Waals surface area contributed by atoms with E-state index in [4.69, 9.17) is 4.74 Å². The summed E-state index contributed by atoms with van der Waals surface area (Å²) in [6.07, 6.45) is 3.04. The van der Waals surface area contributed by atoms with Gasteiger partial charge in [0.2, 0.25) is 5.91 Å². The van der Waals surface area contributed by atoms with Crippen LogP contribution in [0, 0.1) is 0 Å². The van der Waals surface area contributed by atoms with Crippen LogP contribution in [0.15, 0.2) is 53.0 Å². The van der Waals surface area contributed by atoms with E-state index < -0.39 is 0 Å². The molecular weight excluding hydrogens is 334 g/mol. The molecule has 2 aromatic rings. The average Bonchev–Trinajstić information content (AvgIpc) is 2.48. The maximum absolute atomic E-state index is 11.9. The number of hydrogen-bond donors (Lipinski definition) is 2. The van der Waals surface area contributed by atoms with Gasteiger partial charge >= 0.3 is 0 Å². The fourth-order valence-corrected chi connectivity index (χ4v) is 2.13. The number of halogens is 1. The molecule has 0 aliphatic carbocycles. The van der Waals surface area contributed by atoms with Crippen LogP contribution in [-0.4, -0.2) is 18.1 Å². The minimum absolute atomic E-state index is 0.0271. The number of aromatic hydroxyl groups is 1. The zero-order valence-corrected chi connectivity index (χ0v) is 12.9. The lowest BCUT2D eigenvalue weighted by molar-refractivity contribution is -0.111. The summed E-state index contributed by atoms with van der Waals surface area (Å²) in [6.45, 7) is 0. The summed E-state index contributed by atoms with van der Waals surface area (Å²) in [5, 5.41) is 12.2. The van der Waals surface area contributed by atoms with Crippen LogP contribution in [0.5, 0.6) is 11.5 Å². The van der Waals surface area contributed by atoms with Crippen molar-refractivity contribution < 1.29 is 14.6 Å². The average molecular weight is 348 g/mol. The van der Waals surface area contributed by atoms with Crippen LogP contribution in [0.3, 0.4) is 0 Å². The Labute approximate surface area is 131 Å². The molecule has 0 aliphatic rings. The summed E-state index contributed by atoms with van der Waals surface area (Å²) in [5.74, 6) is 0.364. The van der Waals surface area contributed by atoms with E-state index in [9.17, 15) is 9.90 Å². The highest BCUT2D eigenvalue weighted by Gasteiger charge is 2.04. The molecule has 2 aromatic carbocycles. The van der Waals surface area contributed by atoms with E-state index in [1.807, 2.05) is 18.2 Å². The zero-order valence-electron chi connectivity index (χ0n) is 11.3. The normalized spacial score (nSPS) is 10.6. The maximum Gasteiger partial charge on any atom is 0.248 e. The quantitative estimate of drug-likeness (QED) is 0.652. The summed E-state index contributed by atoms with van der Waals surface area (Å²) in [5.41, 5.74) is 1.15. The van der Waals surface area contributed by atoms with Crippen LogP contribution in [0.2, 0.25) is 0 Å². The Hall–Kier alpha value is -2.27. The minimum atomic E-state index is -0.335. The molecule has 21 heavy (non-hydrogen) atoms. The smallest absolute Gasteiger partial charge is 0.248 e. The molecule has 0 radical (unpaired) electrons. The number of methoxy groups -OCH3 is 1. The van der Waals surface area contributed by atoms with Crippen LogP contribution in [0.25, 0.3) is 6.08 Å². The van der Waals surface area contributed by atoms with Crippen molar-refractivity contribution in [2.24, 2.45) is 0 Å². The first-order valence-corrected chi connectivity index (χ1v) is 7.00. The molecule has 5 heteroatoms. The Morgan fingerprint density at radius 1 is 1.29 bits per heavy atom. The minimum Gasteiger partial charge on any atom is -0.506 e. The summed E-state index contributed by atoms with van der Waals surface area (Å²) >= 11 is 3.37. The molecule has 1 amide bonds. The highest BCUT2D eigenvalue weighted by Crippen LogP contribution is 2.24. The standard InChI is InChI=1S/C16H14BrNO3/c1-21-15-8-7-12(17)10-11(15)6-9-16(20)18-13-4-2-3-5-14(13)19/h2-10,19H,1H3,(H,18,20)/b9-6+. The molecular formula is C16H14BrNO3. The van der Waals surface area contributed by atoms with Gasteiger partial charge in [-0.25, -0.2) is 0 Å². The van der Waals surface area contributed by atoms with E-state index in [-0.39, 0.29) is 11.7 Å². The predicted octanol–water partition coefficient (Wildman–Crippen LogP) is 3.82. The Bertz CT molecular complexity index is 683. The van der Waals surface area contributed by atoms with Crippen molar-refractivity contribution in [2.75, 3.05) is 12.4 Å². The predicted molar refractivity (Wildman–Crippen MR) is 86.5 cm³/mol. The van der Waals surface area contributed by atoms with Crippen molar-refractivity contribution in [3.05, 3.63) is 58.6 Å². The summed E-state index contributed by atoms with van der Waals surface area (Å²) < 4.78 is 6.12. The van der Waals surface area contributed by atoms with Crippen LogP contribution >= 0.6 is 15.9 Å². The molecule has 0 unspecified atom stereocenters. The first-order valence-electron chi connectivity index (χ1n) is 6.21. The molecule has 2 rings (SSSR count). The van der Waals surface area contributed by atoms with E-state index >= 15 is 0 Å². The largest absolute Gasteiger partial charge is 0.506 e. The molecule has 2 N–H and O–H groups in total. The number of rotatable bonds is 4. The van der Waals surface area contributed by atoms with Gasteiger partial charge in [0.25, 0.3) is 0 Å². The van der Waals surface area contributed by atoms with Crippen LogP contribution in [-0.2, 0) is 4.79 Å².